The molecule has 3 aromatic rings. The predicted molar refractivity (Wildman–Crippen MR) is 114 cm³/mol. The van der Waals surface area contributed by atoms with E-state index in [2.05, 4.69) is 44.8 Å². The summed E-state index contributed by atoms with van der Waals surface area (Å²) in [6.45, 7) is 8.91. The minimum atomic E-state index is 0.214. The fourth-order valence-corrected chi connectivity index (χ4v) is 3.85. The highest BCUT2D eigenvalue weighted by molar-refractivity contribution is 5.86. The van der Waals surface area contributed by atoms with E-state index in [0.29, 0.717) is 19.0 Å². The largest absolute Gasteiger partial charge is 0.298 e. The van der Waals surface area contributed by atoms with Crippen LogP contribution in [-0.4, -0.2) is 74.1 Å². The average molecular weight is 393 g/mol. The highest BCUT2D eigenvalue weighted by Crippen LogP contribution is 2.22. The van der Waals surface area contributed by atoms with Crippen molar-refractivity contribution < 1.29 is 4.79 Å². The summed E-state index contributed by atoms with van der Waals surface area (Å²) in [4.78, 5) is 26.3. The van der Waals surface area contributed by atoms with Gasteiger partial charge in [-0.3, -0.25) is 29.2 Å². The van der Waals surface area contributed by atoms with Crippen molar-refractivity contribution in [3.8, 4) is 11.1 Å². The standard InChI is InChI=1S/C22H28N6O/c1-16(2)28-6-4-27(5-7-28)15-21(29)10-20-9-17-8-18(11-24-22(17)13-23-20)19-12-25-26(3)14-19/h8-9,11-14,16H,4-7,10,15H2,1-3H3. The summed E-state index contributed by atoms with van der Waals surface area (Å²) in [5.41, 5.74) is 3.67. The van der Waals surface area contributed by atoms with Gasteiger partial charge in [0.15, 0.2) is 5.78 Å². The van der Waals surface area contributed by atoms with Crippen molar-refractivity contribution in [1.82, 2.24) is 29.5 Å². The van der Waals surface area contributed by atoms with Crippen molar-refractivity contribution in [1.29, 1.82) is 0 Å². The molecule has 3 aromatic heterocycles. The van der Waals surface area contributed by atoms with Gasteiger partial charge in [-0.2, -0.15) is 5.10 Å². The molecule has 7 heteroatoms. The van der Waals surface area contributed by atoms with Gasteiger partial charge in [-0.05, 0) is 26.0 Å². The summed E-state index contributed by atoms with van der Waals surface area (Å²) in [5, 5.41) is 5.22. The second-order valence-electron chi connectivity index (χ2n) is 8.12. The molecule has 152 valence electrons. The monoisotopic (exact) mass is 392 g/mol. The number of carbonyl (C=O) groups excluding carboxylic acids is 1. The van der Waals surface area contributed by atoms with Gasteiger partial charge in [0.05, 0.1) is 30.9 Å². The van der Waals surface area contributed by atoms with Crippen LogP contribution in [0.15, 0.2) is 36.9 Å². The van der Waals surface area contributed by atoms with Gasteiger partial charge >= 0.3 is 0 Å². The summed E-state index contributed by atoms with van der Waals surface area (Å²) in [5.74, 6) is 0.214. The Morgan fingerprint density at radius 1 is 1.03 bits per heavy atom. The molecule has 1 saturated heterocycles. The fourth-order valence-electron chi connectivity index (χ4n) is 3.85. The van der Waals surface area contributed by atoms with E-state index in [1.807, 2.05) is 31.7 Å². The molecule has 4 rings (SSSR count). The van der Waals surface area contributed by atoms with Crippen LogP contribution < -0.4 is 0 Å². The Morgan fingerprint density at radius 2 is 1.83 bits per heavy atom. The molecular formula is C22H28N6O. The molecule has 1 aliphatic heterocycles. The van der Waals surface area contributed by atoms with Crippen LogP contribution in [0.2, 0.25) is 0 Å². The zero-order valence-corrected chi connectivity index (χ0v) is 17.4. The molecule has 1 fully saturated rings. The van der Waals surface area contributed by atoms with Gasteiger partial charge in [0.1, 0.15) is 0 Å². The molecule has 0 unspecified atom stereocenters. The minimum absolute atomic E-state index is 0.214. The highest BCUT2D eigenvalue weighted by atomic mass is 16.1. The zero-order chi connectivity index (χ0) is 20.4. The van der Waals surface area contributed by atoms with Crippen molar-refractivity contribution in [3.05, 3.63) is 42.6 Å². The molecular weight excluding hydrogens is 364 g/mol. The van der Waals surface area contributed by atoms with Crippen LogP contribution in [0, 0.1) is 0 Å². The first-order chi connectivity index (χ1) is 14.0. The Labute approximate surface area is 171 Å². The number of carbonyl (C=O) groups is 1. The van der Waals surface area contributed by atoms with E-state index >= 15 is 0 Å². The third-order valence-corrected chi connectivity index (χ3v) is 5.58. The number of fused-ring (bicyclic) bond motifs is 1. The lowest BCUT2D eigenvalue weighted by molar-refractivity contribution is -0.120. The number of pyridine rings is 2. The second-order valence-corrected chi connectivity index (χ2v) is 8.12. The van der Waals surface area contributed by atoms with Gasteiger partial charge in [-0.15, -0.1) is 0 Å². The Hall–Kier alpha value is -2.64. The molecule has 0 saturated carbocycles. The van der Waals surface area contributed by atoms with Crippen molar-refractivity contribution in [2.24, 2.45) is 7.05 Å². The van der Waals surface area contributed by atoms with Crippen LogP contribution in [0.25, 0.3) is 22.0 Å². The van der Waals surface area contributed by atoms with Gasteiger partial charge in [0.25, 0.3) is 0 Å². The van der Waals surface area contributed by atoms with Crippen LogP contribution in [0.1, 0.15) is 19.5 Å². The molecule has 0 N–H and O–H groups in total. The summed E-state index contributed by atoms with van der Waals surface area (Å²) < 4.78 is 1.77. The Kier molecular flexibility index (Phi) is 5.69. The number of hydrogen-bond donors (Lipinski definition) is 0. The van der Waals surface area contributed by atoms with E-state index in [1.54, 1.807) is 10.9 Å². The lowest BCUT2D eigenvalue weighted by atomic mass is 10.1. The lowest BCUT2D eigenvalue weighted by Crippen LogP contribution is -2.50. The van der Waals surface area contributed by atoms with E-state index < -0.39 is 0 Å². The van der Waals surface area contributed by atoms with E-state index in [0.717, 1.165) is 53.9 Å². The van der Waals surface area contributed by atoms with Crippen molar-refractivity contribution >= 4 is 16.7 Å². The maximum absolute atomic E-state index is 12.6. The van der Waals surface area contributed by atoms with Crippen LogP contribution in [0.5, 0.6) is 0 Å². The normalized spacial score (nSPS) is 16.0. The molecule has 0 atom stereocenters. The fraction of sp³-hybridized carbons (Fsp3) is 0.455. The number of Topliss-reactive ketones (excluding diaryl/α,β-unsaturated/α-hetero) is 1. The Morgan fingerprint density at radius 3 is 2.52 bits per heavy atom. The maximum Gasteiger partial charge on any atom is 0.152 e. The van der Waals surface area contributed by atoms with Gasteiger partial charge in [0, 0.05) is 73.9 Å². The van der Waals surface area contributed by atoms with E-state index in [9.17, 15) is 4.79 Å². The highest BCUT2D eigenvalue weighted by Gasteiger charge is 2.20. The molecule has 0 aromatic carbocycles. The first-order valence-electron chi connectivity index (χ1n) is 10.2. The van der Waals surface area contributed by atoms with Crippen LogP contribution in [0.4, 0.5) is 0 Å². The van der Waals surface area contributed by atoms with Gasteiger partial charge in [-0.25, -0.2) is 0 Å². The maximum atomic E-state index is 12.6. The van der Waals surface area contributed by atoms with E-state index in [-0.39, 0.29) is 5.78 Å². The number of ketones is 1. The first kappa shape index (κ1) is 19.7. The number of rotatable bonds is 6. The van der Waals surface area contributed by atoms with E-state index in [4.69, 9.17) is 0 Å². The van der Waals surface area contributed by atoms with Crippen molar-refractivity contribution in [2.45, 2.75) is 26.3 Å². The van der Waals surface area contributed by atoms with Crippen LogP contribution in [0.3, 0.4) is 0 Å². The predicted octanol–water partition coefficient (Wildman–Crippen LogP) is 2.17. The Bertz CT molecular complexity index is 1000. The summed E-state index contributed by atoms with van der Waals surface area (Å²) in [6.07, 6.45) is 7.74. The molecule has 7 nitrogen and oxygen atoms in total. The molecule has 0 bridgehead atoms. The SMILES string of the molecule is CC(C)N1CCN(CC(=O)Cc2cc3cc(-c4cnn(C)c4)cnc3cn2)CC1. The average Bonchev–Trinajstić information content (AvgIpc) is 3.14. The second kappa shape index (κ2) is 8.39. The lowest BCUT2D eigenvalue weighted by Gasteiger charge is -2.36. The third-order valence-electron chi connectivity index (χ3n) is 5.58. The number of nitrogens with zero attached hydrogens (tertiary/aromatic N) is 6. The van der Waals surface area contributed by atoms with Crippen LogP contribution >= 0.6 is 0 Å². The quantitative estimate of drug-likeness (QED) is 0.641. The number of hydrogen-bond acceptors (Lipinski definition) is 6. The summed E-state index contributed by atoms with van der Waals surface area (Å²) >= 11 is 0. The molecule has 29 heavy (non-hydrogen) atoms. The minimum Gasteiger partial charge on any atom is -0.298 e. The number of aryl methyl sites for hydroxylation is 1. The van der Waals surface area contributed by atoms with Gasteiger partial charge in [0.2, 0.25) is 0 Å². The van der Waals surface area contributed by atoms with Crippen LogP contribution in [-0.2, 0) is 18.3 Å². The van der Waals surface area contributed by atoms with Crippen molar-refractivity contribution in [3.63, 3.8) is 0 Å². The molecule has 0 spiro atoms. The first-order valence-corrected chi connectivity index (χ1v) is 10.2. The topological polar surface area (TPSA) is 67.2 Å². The van der Waals surface area contributed by atoms with Crippen molar-refractivity contribution in [2.75, 3.05) is 32.7 Å². The summed E-state index contributed by atoms with van der Waals surface area (Å²) in [7, 11) is 1.90. The third kappa shape index (κ3) is 4.68. The zero-order valence-electron chi connectivity index (χ0n) is 17.4. The molecule has 4 heterocycles. The Balaban J connectivity index is 1.42. The molecule has 0 aliphatic carbocycles. The summed E-state index contributed by atoms with van der Waals surface area (Å²) in [6, 6.07) is 4.64. The van der Waals surface area contributed by atoms with E-state index in [1.165, 1.54) is 0 Å². The van der Waals surface area contributed by atoms with Gasteiger partial charge < -0.3 is 0 Å². The molecule has 1 aliphatic rings. The molecule has 0 radical (unpaired) electrons. The molecule has 0 amide bonds. The van der Waals surface area contributed by atoms with Gasteiger partial charge in [-0.1, -0.05) is 0 Å². The smallest absolute Gasteiger partial charge is 0.152 e. The number of aromatic nitrogens is 4. The number of piperazine rings is 1.